The van der Waals surface area contributed by atoms with Gasteiger partial charge in [0.15, 0.2) is 0 Å². The molecule has 0 saturated heterocycles. The maximum atomic E-state index is 12.6. The highest BCUT2D eigenvalue weighted by molar-refractivity contribution is 6.32. The molecule has 0 atom stereocenters. The van der Waals surface area contributed by atoms with Gasteiger partial charge in [-0.15, -0.1) is 0 Å². The zero-order chi connectivity index (χ0) is 19.9. The van der Waals surface area contributed by atoms with Gasteiger partial charge in [-0.1, -0.05) is 53.5 Å². The highest BCUT2D eigenvalue weighted by Gasteiger charge is 2.12. The molecule has 1 amide bonds. The first-order valence-corrected chi connectivity index (χ1v) is 9.40. The molecule has 0 fully saturated rings. The number of hydrogen-bond donors (Lipinski definition) is 1. The standard InChI is InChI=1S/C22H19Cl2NO3/c1-27-20-11-10-15(22(26)25-13-16-6-2-3-7-18(16)23)12-17(20)14-28-21-9-5-4-8-19(21)24/h2-12H,13-14H2,1H3,(H,25,26). The van der Waals surface area contributed by atoms with Crippen LogP contribution in [0.25, 0.3) is 0 Å². The summed E-state index contributed by atoms with van der Waals surface area (Å²) in [6, 6.07) is 19.8. The first kappa shape index (κ1) is 20.1. The number of benzene rings is 3. The van der Waals surface area contributed by atoms with Crippen molar-refractivity contribution >= 4 is 29.1 Å². The first-order chi connectivity index (χ1) is 13.6. The molecule has 0 aliphatic heterocycles. The van der Waals surface area contributed by atoms with Crippen molar-refractivity contribution in [1.82, 2.24) is 5.32 Å². The normalized spacial score (nSPS) is 10.4. The van der Waals surface area contributed by atoms with Crippen molar-refractivity contribution in [2.24, 2.45) is 0 Å². The Bertz CT molecular complexity index is 976. The topological polar surface area (TPSA) is 47.6 Å². The van der Waals surface area contributed by atoms with Gasteiger partial charge < -0.3 is 14.8 Å². The monoisotopic (exact) mass is 415 g/mol. The SMILES string of the molecule is COc1ccc(C(=O)NCc2ccccc2Cl)cc1COc1ccccc1Cl. The van der Waals surface area contributed by atoms with Gasteiger partial charge in [-0.3, -0.25) is 4.79 Å². The summed E-state index contributed by atoms with van der Waals surface area (Å²) >= 11 is 12.3. The number of para-hydroxylation sites is 1. The van der Waals surface area contributed by atoms with E-state index in [0.717, 1.165) is 11.1 Å². The molecule has 28 heavy (non-hydrogen) atoms. The number of hydrogen-bond acceptors (Lipinski definition) is 3. The number of halogens is 2. The van der Waals surface area contributed by atoms with Crippen LogP contribution in [0.5, 0.6) is 11.5 Å². The predicted octanol–water partition coefficient (Wildman–Crippen LogP) is 5.51. The Kier molecular flexibility index (Phi) is 6.80. The molecule has 4 nitrogen and oxygen atoms in total. The van der Waals surface area contributed by atoms with Crippen molar-refractivity contribution in [3.63, 3.8) is 0 Å². The van der Waals surface area contributed by atoms with Gasteiger partial charge in [-0.05, 0) is 42.0 Å². The van der Waals surface area contributed by atoms with E-state index in [4.69, 9.17) is 32.7 Å². The van der Waals surface area contributed by atoms with E-state index < -0.39 is 0 Å². The molecule has 0 aliphatic carbocycles. The fourth-order valence-electron chi connectivity index (χ4n) is 2.67. The van der Waals surface area contributed by atoms with Crippen LogP contribution in [0.4, 0.5) is 0 Å². The Labute approximate surface area is 174 Å². The van der Waals surface area contributed by atoms with Crippen LogP contribution in [0.3, 0.4) is 0 Å². The fourth-order valence-corrected chi connectivity index (χ4v) is 3.06. The molecule has 1 N–H and O–H groups in total. The Balaban J connectivity index is 1.71. The summed E-state index contributed by atoms with van der Waals surface area (Å²) in [5.74, 6) is 0.996. The zero-order valence-corrected chi connectivity index (χ0v) is 16.8. The van der Waals surface area contributed by atoms with Crippen molar-refractivity contribution in [1.29, 1.82) is 0 Å². The lowest BCUT2D eigenvalue weighted by atomic mass is 10.1. The summed E-state index contributed by atoms with van der Waals surface area (Å²) in [5, 5.41) is 4.02. The molecule has 0 heterocycles. The van der Waals surface area contributed by atoms with Gasteiger partial charge in [0.05, 0.1) is 12.1 Å². The van der Waals surface area contributed by atoms with Crippen LogP contribution in [0.15, 0.2) is 66.7 Å². The van der Waals surface area contributed by atoms with Crippen LogP contribution in [0.1, 0.15) is 21.5 Å². The van der Waals surface area contributed by atoms with Crippen LogP contribution in [0, 0.1) is 0 Å². The van der Waals surface area contributed by atoms with Crippen LogP contribution in [0.2, 0.25) is 10.0 Å². The van der Waals surface area contributed by atoms with Gasteiger partial charge in [0, 0.05) is 22.7 Å². The number of nitrogens with one attached hydrogen (secondary N) is 1. The van der Waals surface area contributed by atoms with E-state index in [1.807, 2.05) is 30.3 Å². The quantitative estimate of drug-likeness (QED) is 0.553. The van der Waals surface area contributed by atoms with Gasteiger partial charge >= 0.3 is 0 Å². The number of methoxy groups -OCH3 is 1. The summed E-state index contributed by atoms with van der Waals surface area (Å²) in [7, 11) is 1.57. The van der Waals surface area contributed by atoms with Gasteiger partial charge in [0.2, 0.25) is 0 Å². The second-order valence-corrected chi connectivity index (χ2v) is 6.83. The van der Waals surface area contributed by atoms with E-state index in [1.54, 1.807) is 43.5 Å². The van der Waals surface area contributed by atoms with Gasteiger partial charge in [0.25, 0.3) is 5.91 Å². The second kappa shape index (κ2) is 9.49. The summed E-state index contributed by atoms with van der Waals surface area (Å²) in [6.07, 6.45) is 0. The molecule has 6 heteroatoms. The average Bonchev–Trinajstić information content (AvgIpc) is 2.72. The van der Waals surface area contributed by atoms with Crippen molar-refractivity contribution in [2.45, 2.75) is 13.2 Å². The molecule has 3 aromatic carbocycles. The van der Waals surface area contributed by atoms with Gasteiger partial charge in [-0.2, -0.15) is 0 Å². The van der Waals surface area contributed by atoms with Gasteiger partial charge in [-0.25, -0.2) is 0 Å². The molecular weight excluding hydrogens is 397 g/mol. The third kappa shape index (κ3) is 4.97. The van der Waals surface area contributed by atoms with Crippen molar-refractivity contribution in [3.8, 4) is 11.5 Å². The summed E-state index contributed by atoms with van der Waals surface area (Å²) in [5.41, 5.74) is 2.10. The maximum absolute atomic E-state index is 12.6. The van der Waals surface area contributed by atoms with E-state index in [2.05, 4.69) is 5.32 Å². The Morgan fingerprint density at radius 2 is 1.61 bits per heavy atom. The van der Waals surface area contributed by atoms with Crippen molar-refractivity contribution in [3.05, 3.63) is 93.5 Å². The lowest BCUT2D eigenvalue weighted by molar-refractivity contribution is 0.0950. The molecule has 0 spiro atoms. The minimum absolute atomic E-state index is 0.207. The van der Waals surface area contributed by atoms with Crippen LogP contribution in [-0.2, 0) is 13.2 Å². The smallest absolute Gasteiger partial charge is 0.251 e. The molecule has 3 rings (SSSR count). The second-order valence-electron chi connectivity index (χ2n) is 6.02. The highest BCUT2D eigenvalue weighted by Crippen LogP contribution is 2.27. The van der Waals surface area contributed by atoms with E-state index in [-0.39, 0.29) is 12.5 Å². The Morgan fingerprint density at radius 1 is 0.893 bits per heavy atom. The van der Waals surface area contributed by atoms with Crippen molar-refractivity contribution in [2.75, 3.05) is 7.11 Å². The number of amides is 1. The third-order valence-corrected chi connectivity index (χ3v) is 4.84. The Hall–Kier alpha value is -2.69. The summed E-state index contributed by atoms with van der Waals surface area (Å²) in [4.78, 5) is 12.6. The molecule has 144 valence electrons. The van der Waals surface area contributed by atoms with E-state index in [0.29, 0.717) is 33.7 Å². The largest absolute Gasteiger partial charge is 0.496 e. The van der Waals surface area contributed by atoms with E-state index >= 15 is 0 Å². The molecule has 0 saturated carbocycles. The zero-order valence-electron chi connectivity index (χ0n) is 15.2. The van der Waals surface area contributed by atoms with E-state index in [9.17, 15) is 4.79 Å². The predicted molar refractivity (Wildman–Crippen MR) is 111 cm³/mol. The van der Waals surface area contributed by atoms with E-state index in [1.165, 1.54) is 0 Å². The molecule has 0 unspecified atom stereocenters. The van der Waals surface area contributed by atoms with Crippen LogP contribution < -0.4 is 14.8 Å². The minimum atomic E-state index is -0.207. The Morgan fingerprint density at radius 3 is 2.32 bits per heavy atom. The fraction of sp³-hybridized carbons (Fsp3) is 0.136. The number of rotatable bonds is 7. The summed E-state index contributed by atoms with van der Waals surface area (Å²) in [6.45, 7) is 0.564. The molecule has 0 radical (unpaired) electrons. The molecule has 3 aromatic rings. The highest BCUT2D eigenvalue weighted by atomic mass is 35.5. The third-order valence-electron chi connectivity index (χ3n) is 4.16. The maximum Gasteiger partial charge on any atom is 0.251 e. The number of carbonyl (C=O) groups is 1. The van der Waals surface area contributed by atoms with Crippen LogP contribution >= 0.6 is 23.2 Å². The molecule has 0 bridgehead atoms. The minimum Gasteiger partial charge on any atom is -0.496 e. The summed E-state index contributed by atoms with van der Waals surface area (Å²) < 4.78 is 11.2. The number of ether oxygens (including phenoxy) is 2. The number of carbonyl (C=O) groups excluding carboxylic acids is 1. The lowest BCUT2D eigenvalue weighted by Crippen LogP contribution is -2.23. The molecule has 0 aromatic heterocycles. The molecule has 0 aliphatic rings. The molecular formula is C22H19Cl2NO3. The van der Waals surface area contributed by atoms with Crippen molar-refractivity contribution < 1.29 is 14.3 Å². The van der Waals surface area contributed by atoms with Gasteiger partial charge in [0.1, 0.15) is 18.1 Å². The lowest BCUT2D eigenvalue weighted by Gasteiger charge is -2.13. The van der Waals surface area contributed by atoms with Crippen LogP contribution in [-0.4, -0.2) is 13.0 Å². The first-order valence-electron chi connectivity index (χ1n) is 8.64. The average molecular weight is 416 g/mol.